The lowest BCUT2D eigenvalue weighted by molar-refractivity contribution is -0.141. The molecule has 0 aromatic heterocycles. The van der Waals surface area contributed by atoms with E-state index in [1.807, 2.05) is 0 Å². The minimum Gasteiger partial charge on any atom is -0.481 e. The van der Waals surface area contributed by atoms with Gasteiger partial charge < -0.3 is 15.7 Å². The highest BCUT2D eigenvalue weighted by Gasteiger charge is 2.27. The van der Waals surface area contributed by atoms with Crippen LogP contribution in [0.25, 0.3) is 0 Å². The maximum Gasteiger partial charge on any atom is 0.314 e. The zero-order valence-electron chi connectivity index (χ0n) is 10.5. The molecule has 1 fully saturated rings. The van der Waals surface area contributed by atoms with Gasteiger partial charge in [0.05, 0.1) is 5.92 Å². The Morgan fingerprint density at radius 3 is 2.35 bits per heavy atom. The number of carbonyl (C=O) groups is 2. The molecule has 0 heterocycles. The fourth-order valence-electron chi connectivity index (χ4n) is 1.77. The van der Waals surface area contributed by atoms with Crippen LogP contribution >= 0.6 is 0 Å². The highest BCUT2D eigenvalue weighted by atomic mass is 16.4. The van der Waals surface area contributed by atoms with E-state index in [1.54, 1.807) is 6.92 Å². The van der Waals surface area contributed by atoms with Crippen molar-refractivity contribution in [1.29, 1.82) is 0 Å². The number of rotatable bonds is 7. The minimum absolute atomic E-state index is 0.190. The van der Waals surface area contributed by atoms with Crippen LogP contribution in [-0.4, -0.2) is 30.2 Å². The minimum atomic E-state index is -0.862. The molecule has 5 heteroatoms. The molecule has 0 bridgehead atoms. The Labute approximate surface area is 102 Å². The molecule has 0 aromatic rings. The first kappa shape index (κ1) is 13.8. The molecule has 98 valence electrons. The molecule has 5 nitrogen and oxygen atoms in total. The Morgan fingerprint density at radius 2 is 1.88 bits per heavy atom. The van der Waals surface area contributed by atoms with E-state index in [0.717, 1.165) is 5.92 Å². The summed E-state index contributed by atoms with van der Waals surface area (Å²) in [7, 11) is 0. The van der Waals surface area contributed by atoms with E-state index < -0.39 is 11.9 Å². The monoisotopic (exact) mass is 242 g/mol. The van der Waals surface area contributed by atoms with Crippen molar-refractivity contribution in [3.05, 3.63) is 0 Å². The highest BCUT2D eigenvalue weighted by Crippen LogP contribution is 2.35. The Hall–Kier alpha value is -1.26. The number of carbonyl (C=O) groups excluding carboxylic acids is 1. The van der Waals surface area contributed by atoms with E-state index in [4.69, 9.17) is 5.11 Å². The molecular weight excluding hydrogens is 220 g/mol. The molecule has 0 aromatic carbocycles. The SMILES string of the molecule is CCC(CNC(=O)NCC(C)C1CC1)C(=O)O. The highest BCUT2D eigenvalue weighted by molar-refractivity contribution is 5.75. The zero-order chi connectivity index (χ0) is 12.8. The molecule has 1 aliphatic rings. The number of urea groups is 1. The van der Waals surface area contributed by atoms with Crippen molar-refractivity contribution in [3.63, 3.8) is 0 Å². The third-order valence-electron chi connectivity index (χ3n) is 3.36. The summed E-state index contributed by atoms with van der Waals surface area (Å²) in [6.07, 6.45) is 3.05. The average molecular weight is 242 g/mol. The third kappa shape index (κ3) is 5.06. The van der Waals surface area contributed by atoms with E-state index in [9.17, 15) is 9.59 Å². The number of carboxylic acids is 1. The predicted octanol–water partition coefficient (Wildman–Crippen LogP) is 1.44. The van der Waals surface area contributed by atoms with E-state index in [1.165, 1.54) is 12.8 Å². The second-order valence-corrected chi connectivity index (χ2v) is 4.85. The van der Waals surface area contributed by atoms with Gasteiger partial charge in [-0.1, -0.05) is 13.8 Å². The summed E-state index contributed by atoms with van der Waals surface area (Å²) >= 11 is 0. The number of aliphatic carboxylic acids is 1. The van der Waals surface area contributed by atoms with Gasteiger partial charge in [-0.05, 0) is 31.1 Å². The van der Waals surface area contributed by atoms with Crippen LogP contribution in [0, 0.1) is 17.8 Å². The van der Waals surface area contributed by atoms with Gasteiger partial charge >= 0.3 is 12.0 Å². The summed E-state index contributed by atoms with van der Waals surface area (Å²) in [6, 6.07) is -0.266. The maximum absolute atomic E-state index is 11.4. The topological polar surface area (TPSA) is 78.4 Å². The van der Waals surface area contributed by atoms with Crippen LogP contribution in [0.4, 0.5) is 4.79 Å². The van der Waals surface area contributed by atoms with Crippen molar-refractivity contribution in [3.8, 4) is 0 Å². The lowest BCUT2D eigenvalue weighted by Gasteiger charge is -2.14. The lowest BCUT2D eigenvalue weighted by Crippen LogP contribution is -2.41. The van der Waals surface area contributed by atoms with E-state index in [2.05, 4.69) is 17.6 Å². The van der Waals surface area contributed by atoms with Gasteiger partial charge in [-0.15, -0.1) is 0 Å². The molecule has 0 saturated heterocycles. The summed E-state index contributed by atoms with van der Waals surface area (Å²) in [5.74, 6) is -0.0827. The molecule has 2 atom stereocenters. The molecule has 0 radical (unpaired) electrons. The van der Waals surface area contributed by atoms with Crippen molar-refractivity contribution in [2.75, 3.05) is 13.1 Å². The Balaban J connectivity index is 2.13. The van der Waals surface area contributed by atoms with Crippen LogP contribution in [0.3, 0.4) is 0 Å². The number of nitrogens with one attached hydrogen (secondary N) is 2. The van der Waals surface area contributed by atoms with Crippen molar-refractivity contribution in [2.24, 2.45) is 17.8 Å². The number of amides is 2. The summed E-state index contributed by atoms with van der Waals surface area (Å²) < 4.78 is 0. The lowest BCUT2D eigenvalue weighted by atomic mass is 10.1. The van der Waals surface area contributed by atoms with Gasteiger partial charge in [0.1, 0.15) is 0 Å². The van der Waals surface area contributed by atoms with Crippen molar-refractivity contribution >= 4 is 12.0 Å². The number of hydrogen-bond acceptors (Lipinski definition) is 2. The first-order chi connectivity index (χ1) is 8.04. The van der Waals surface area contributed by atoms with Gasteiger partial charge in [0.15, 0.2) is 0 Å². The van der Waals surface area contributed by atoms with Gasteiger partial charge in [0.2, 0.25) is 0 Å². The number of carboxylic acid groups (broad SMARTS) is 1. The fourth-order valence-corrected chi connectivity index (χ4v) is 1.77. The standard InChI is InChI=1S/C12H22N2O3/c1-3-9(11(15)16)7-14-12(17)13-6-8(2)10-4-5-10/h8-10H,3-7H2,1-2H3,(H,15,16)(H2,13,14,17). The second kappa shape index (κ2) is 6.47. The smallest absolute Gasteiger partial charge is 0.314 e. The van der Waals surface area contributed by atoms with Crippen LogP contribution in [-0.2, 0) is 4.79 Å². The molecule has 2 amide bonds. The van der Waals surface area contributed by atoms with Gasteiger partial charge in [0, 0.05) is 13.1 Å². The van der Waals surface area contributed by atoms with Crippen LogP contribution in [0.5, 0.6) is 0 Å². The predicted molar refractivity (Wildman–Crippen MR) is 64.7 cm³/mol. The van der Waals surface area contributed by atoms with Crippen molar-refractivity contribution in [1.82, 2.24) is 10.6 Å². The molecule has 2 unspecified atom stereocenters. The molecular formula is C12H22N2O3. The average Bonchev–Trinajstić information content (AvgIpc) is 3.10. The third-order valence-corrected chi connectivity index (χ3v) is 3.36. The quantitative estimate of drug-likeness (QED) is 0.632. The maximum atomic E-state index is 11.4. The molecule has 3 N–H and O–H groups in total. The first-order valence-corrected chi connectivity index (χ1v) is 6.29. The summed E-state index contributed by atoms with van der Waals surface area (Å²) in [6.45, 7) is 4.79. The zero-order valence-corrected chi connectivity index (χ0v) is 10.5. The Morgan fingerprint density at radius 1 is 1.29 bits per heavy atom. The normalized spacial score (nSPS) is 18.2. The molecule has 1 aliphatic carbocycles. The van der Waals surface area contributed by atoms with Crippen LogP contribution in [0.15, 0.2) is 0 Å². The first-order valence-electron chi connectivity index (χ1n) is 6.29. The van der Waals surface area contributed by atoms with Crippen LogP contribution < -0.4 is 10.6 Å². The van der Waals surface area contributed by atoms with E-state index in [0.29, 0.717) is 18.9 Å². The van der Waals surface area contributed by atoms with Crippen LogP contribution in [0.2, 0.25) is 0 Å². The molecule has 0 aliphatic heterocycles. The Kier molecular flexibility index (Phi) is 5.25. The van der Waals surface area contributed by atoms with Gasteiger partial charge in [-0.3, -0.25) is 4.79 Å². The van der Waals surface area contributed by atoms with Gasteiger partial charge in [-0.2, -0.15) is 0 Å². The molecule has 1 rings (SSSR count). The summed E-state index contributed by atoms with van der Waals surface area (Å²) in [5.41, 5.74) is 0. The fraction of sp³-hybridized carbons (Fsp3) is 0.833. The summed E-state index contributed by atoms with van der Waals surface area (Å²) in [5, 5.41) is 14.2. The van der Waals surface area contributed by atoms with Crippen molar-refractivity contribution in [2.45, 2.75) is 33.1 Å². The second-order valence-electron chi connectivity index (χ2n) is 4.85. The molecule has 1 saturated carbocycles. The van der Waals surface area contributed by atoms with Gasteiger partial charge in [-0.25, -0.2) is 4.79 Å². The van der Waals surface area contributed by atoms with Crippen molar-refractivity contribution < 1.29 is 14.7 Å². The number of hydrogen-bond donors (Lipinski definition) is 3. The summed E-state index contributed by atoms with van der Waals surface area (Å²) in [4.78, 5) is 22.2. The molecule has 0 spiro atoms. The van der Waals surface area contributed by atoms with Crippen LogP contribution in [0.1, 0.15) is 33.1 Å². The largest absolute Gasteiger partial charge is 0.481 e. The van der Waals surface area contributed by atoms with E-state index in [-0.39, 0.29) is 12.6 Å². The Bertz CT molecular complexity index is 277. The van der Waals surface area contributed by atoms with Gasteiger partial charge in [0.25, 0.3) is 0 Å². The van der Waals surface area contributed by atoms with E-state index >= 15 is 0 Å². The molecule has 17 heavy (non-hydrogen) atoms.